The second-order valence-electron chi connectivity index (χ2n) is 6.72. The third-order valence-electron chi connectivity index (χ3n) is 4.33. The predicted molar refractivity (Wildman–Crippen MR) is 63.9 cm³/mol. The third-order valence-corrected chi connectivity index (χ3v) is 4.33. The smallest absolute Gasteiger partial charge is 0.0598 e. The van der Waals surface area contributed by atoms with E-state index < -0.39 is 0 Å². The summed E-state index contributed by atoms with van der Waals surface area (Å²) in [4.78, 5) is 0. The van der Waals surface area contributed by atoms with E-state index in [1.807, 2.05) is 0 Å². The van der Waals surface area contributed by atoms with Gasteiger partial charge in [0.25, 0.3) is 0 Å². The minimum Gasteiger partial charge on any atom is -0.376 e. The number of ether oxygens (including phenoxy) is 1. The normalized spacial score (nSPS) is 26.6. The lowest BCUT2D eigenvalue weighted by Crippen LogP contribution is -2.35. The second kappa shape index (κ2) is 4.08. The predicted octanol–water partition coefficient (Wildman–Crippen LogP) is 4.16. The molecule has 2 saturated carbocycles. The monoisotopic (exact) mass is 210 g/mol. The van der Waals surface area contributed by atoms with E-state index in [0.717, 1.165) is 17.9 Å². The summed E-state index contributed by atoms with van der Waals surface area (Å²) in [6, 6.07) is 0. The maximum absolute atomic E-state index is 5.89. The molecular formula is C14H26O. The third kappa shape index (κ3) is 2.96. The summed E-state index contributed by atoms with van der Waals surface area (Å²) in [6.45, 7) is 7.45. The summed E-state index contributed by atoms with van der Waals surface area (Å²) in [5.41, 5.74) is 0.851. The van der Waals surface area contributed by atoms with Crippen LogP contribution in [0, 0.1) is 11.3 Å². The van der Waals surface area contributed by atoms with Gasteiger partial charge in [0.15, 0.2) is 0 Å². The van der Waals surface area contributed by atoms with E-state index in [2.05, 4.69) is 20.8 Å². The lowest BCUT2D eigenvalue weighted by molar-refractivity contribution is -0.0433. The molecule has 2 aliphatic rings. The first-order valence-electron chi connectivity index (χ1n) is 6.63. The van der Waals surface area contributed by atoms with Crippen molar-refractivity contribution >= 4 is 0 Å². The van der Waals surface area contributed by atoms with Crippen molar-refractivity contribution in [1.29, 1.82) is 0 Å². The Morgan fingerprint density at radius 3 is 2.07 bits per heavy atom. The first-order chi connectivity index (χ1) is 6.99. The van der Waals surface area contributed by atoms with Crippen LogP contribution in [0.3, 0.4) is 0 Å². The fraction of sp³-hybridized carbons (Fsp3) is 1.00. The zero-order valence-corrected chi connectivity index (χ0v) is 10.6. The molecule has 1 heteroatoms. The Labute approximate surface area is 94.6 Å². The minimum atomic E-state index is 0.0472. The molecule has 2 aliphatic carbocycles. The Kier molecular flexibility index (Phi) is 3.12. The Morgan fingerprint density at radius 1 is 1.07 bits per heavy atom. The lowest BCUT2D eigenvalue weighted by Gasteiger charge is -2.47. The van der Waals surface area contributed by atoms with Crippen LogP contribution in [-0.4, -0.2) is 12.2 Å². The van der Waals surface area contributed by atoms with Gasteiger partial charge in [0.2, 0.25) is 0 Å². The summed E-state index contributed by atoms with van der Waals surface area (Å²) in [7, 11) is 0. The Balaban J connectivity index is 1.69. The van der Waals surface area contributed by atoms with Crippen LogP contribution in [0.2, 0.25) is 0 Å². The average molecular weight is 210 g/mol. The van der Waals surface area contributed by atoms with Gasteiger partial charge in [0.1, 0.15) is 0 Å². The van der Waals surface area contributed by atoms with Crippen LogP contribution in [0.5, 0.6) is 0 Å². The molecule has 2 rings (SSSR count). The van der Waals surface area contributed by atoms with Gasteiger partial charge in [-0.2, -0.15) is 0 Å². The van der Waals surface area contributed by atoms with Crippen molar-refractivity contribution in [2.24, 2.45) is 11.3 Å². The molecule has 0 N–H and O–H groups in total. The highest BCUT2D eigenvalue weighted by atomic mass is 16.5. The molecule has 0 saturated heterocycles. The van der Waals surface area contributed by atoms with Crippen molar-refractivity contribution in [1.82, 2.24) is 0 Å². The van der Waals surface area contributed by atoms with Crippen LogP contribution in [0.15, 0.2) is 0 Å². The summed E-state index contributed by atoms with van der Waals surface area (Å²) < 4.78 is 5.89. The lowest BCUT2D eigenvalue weighted by atomic mass is 9.59. The van der Waals surface area contributed by atoms with Gasteiger partial charge < -0.3 is 4.74 Å². The summed E-state index contributed by atoms with van der Waals surface area (Å²) in [6.07, 6.45) is 10.3. The average Bonchev–Trinajstić information content (AvgIpc) is 2.12. The van der Waals surface area contributed by atoms with Crippen LogP contribution < -0.4 is 0 Å². The van der Waals surface area contributed by atoms with Crippen molar-refractivity contribution < 1.29 is 4.74 Å². The zero-order valence-electron chi connectivity index (χ0n) is 10.6. The van der Waals surface area contributed by atoms with E-state index in [1.54, 1.807) is 0 Å². The van der Waals surface area contributed by atoms with Gasteiger partial charge in [0, 0.05) is 0 Å². The molecule has 0 amide bonds. The molecule has 0 atom stereocenters. The molecule has 0 aliphatic heterocycles. The fourth-order valence-corrected chi connectivity index (χ4v) is 3.00. The molecule has 88 valence electrons. The molecule has 0 bridgehead atoms. The van der Waals surface area contributed by atoms with E-state index in [9.17, 15) is 0 Å². The van der Waals surface area contributed by atoms with Crippen molar-refractivity contribution in [3.8, 4) is 0 Å². The molecule has 0 radical (unpaired) electrons. The maximum Gasteiger partial charge on any atom is 0.0598 e. The first-order valence-corrected chi connectivity index (χ1v) is 6.63. The van der Waals surface area contributed by atoms with Crippen molar-refractivity contribution in [2.45, 2.75) is 71.3 Å². The van der Waals surface area contributed by atoms with Crippen molar-refractivity contribution in [3.63, 3.8) is 0 Å². The standard InChI is InChI=1S/C14H26O/c1-13(2,3)15-11-12-5-9-14(10-6-12)7-4-8-14/h12H,4-11H2,1-3H3. The highest BCUT2D eigenvalue weighted by Crippen LogP contribution is 2.52. The quantitative estimate of drug-likeness (QED) is 0.665. The largest absolute Gasteiger partial charge is 0.376 e. The van der Waals surface area contributed by atoms with Gasteiger partial charge in [-0.25, -0.2) is 0 Å². The van der Waals surface area contributed by atoms with Crippen LogP contribution in [-0.2, 0) is 4.74 Å². The van der Waals surface area contributed by atoms with Crippen molar-refractivity contribution in [3.05, 3.63) is 0 Å². The van der Waals surface area contributed by atoms with Crippen LogP contribution >= 0.6 is 0 Å². The highest BCUT2D eigenvalue weighted by molar-refractivity contribution is 4.91. The Bertz CT molecular complexity index is 200. The molecule has 0 aromatic carbocycles. The van der Waals surface area contributed by atoms with Gasteiger partial charge in [-0.15, -0.1) is 0 Å². The van der Waals surface area contributed by atoms with E-state index in [-0.39, 0.29) is 5.60 Å². The van der Waals surface area contributed by atoms with Crippen LogP contribution in [0.1, 0.15) is 65.7 Å². The summed E-state index contributed by atoms with van der Waals surface area (Å²) >= 11 is 0. The fourth-order valence-electron chi connectivity index (χ4n) is 3.00. The molecule has 15 heavy (non-hydrogen) atoms. The Morgan fingerprint density at radius 2 is 1.67 bits per heavy atom. The molecule has 1 nitrogen and oxygen atoms in total. The summed E-state index contributed by atoms with van der Waals surface area (Å²) in [5, 5.41) is 0. The first kappa shape index (κ1) is 11.4. The van der Waals surface area contributed by atoms with Gasteiger partial charge in [0.05, 0.1) is 12.2 Å². The van der Waals surface area contributed by atoms with Crippen LogP contribution in [0.4, 0.5) is 0 Å². The zero-order chi connectivity index (χ0) is 10.9. The SMILES string of the molecule is CC(C)(C)OCC1CCC2(CCC2)CC1. The molecule has 1 spiro atoms. The van der Waals surface area contributed by atoms with Crippen molar-refractivity contribution in [2.75, 3.05) is 6.61 Å². The van der Waals surface area contributed by atoms with E-state index in [0.29, 0.717) is 0 Å². The van der Waals surface area contributed by atoms with Gasteiger partial charge in [-0.3, -0.25) is 0 Å². The molecule has 0 aromatic heterocycles. The topological polar surface area (TPSA) is 9.23 Å². The van der Waals surface area contributed by atoms with E-state index in [4.69, 9.17) is 4.74 Å². The van der Waals surface area contributed by atoms with E-state index >= 15 is 0 Å². The maximum atomic E-state index is 5.89. The molecule has 0 unspecified atom stereocenters. The molecular weight excluding hydrogens is 184 g/mol. The molecule has 0 aromatic rings. The number of hydrogen-bond acceptors (Lipinski definition) is 1. The highest BCUT2D eigenvalue weighted by Gasteiger charge is 2.39. The second-order valence-corrected chi connectivity index (χ2v) is 6.72. The van der Waals surface area contributed by atoms with Gasteiger partial charge >= 0.3 is 0 Å². The minimum absolute atomic E-state index is 0.0472. The van der Waals surface area contributed by atoms with Crippen LogP contribution in [0.25, 0.3) is 0 Å². The van der Waals surface area contributed by atoms with Gasteiger partial charge in [-0.1, -0.05) is 6.42 Å². The molecule has 2 fully saturated rings. The van der Waals surface area contributed by atoms with E-state index in [1.165, 1.54) is 44.9 Å². The summed E-state index contributed by atoms with van der Waals surface area (Å²) in [5.74, 6) is 0.843. The number of rotatable bonds is 2. The van der Waals surface area contributed by atoms with Gasteiger partial charge in [-0.05, 0) is 70.6 Å². The number of hydrogen-bond donors (Lipinski definition) is 0. The molecule has 0 heterocycles. The Hall–Kier alpha value is -0.0400.